The summed E-state index contributed by atoms with van der Waals surface area (Å²) >= 11 is 0. The SMILES string of the molecule is CC(C)Oc1ccc(NC(N)=O)cc1.Cl. The molecule has 1 rings (SSSR count). The average Bonchev–Trinajstić information content (AvgIpc) is 2.06. The lowest BCUT2D eigenvalue weighted by atomic mass is 10.3. The van der Waals surface area contributed by atoms with Crippen LogP contribution in [0.3, 0.4) is 0 Å². The van der Waals surface area contributed by atoms with Crippen molar-refractivity contribution < 1.29 is 9.53 Å². The van der Waals surface area contributed by atoms with Crippen LogP contribution in [0.2, 0.25) is 0 Å². The Hall–Kier alpha value is -1.42. The summed E-state index contributed by atoms with van der Waals surface area (Å²) in [5.74, 6) is 0.773. The minimum Gasteiger partial charge on any atom is -0.491 e. The molecule has 0 aliphatic carbocycles. The van der Waals surface area contributed by atoms with Crippen LogP contribution in [0, 0.1) is 0 Å². The Morgan fingerprint density at radius 3 is 2.27 bits per heavy atom. The summed E-state index contributed by atoms with van der Waals surface area (Å²) in [4.78, 5) is 10.5. The zero-order valence-electron chi connectivity index (χ0n) is 8.69. The Bertz CT molecular complexity index is 312. The van der Waals surface area contributed by atoms with Crippen LogP contribution < -0.4 is 15.8 Å². The second-order valence-electron chi connectivity index (χ2n) is 3.18. The lowest BCUT2D eigenvalue weighted by Crippen LogP contribution is -2.19. The molecule has 0 unspecified atom stereocenters. The second kappa shape index (κ2) is 6.14. The predicted molar refractivity (Wildman–Crippen MR) is 62.7 cm³/mol. The van der Waals surface area contributed by atoms with E-state index in [0.717, 1.165) is 5.75 Å². The maximum Gasteiger partial charge on any atom is 0.316 e. The van der Waals surface area contributed by atoms with E-state index in [9.17, 15) is 4.79 Å². The number of urea groups is 1. The number of rotatable bonds is 3. The zero-order valence-corrected chi connectivity index (χ0v) is 9.51. The van der Waals surface area contributed by atoms with Gasteiger partial charge in [-0.3, -0.25) is 0 Å². The molecule has 0 atom stereocenters. The fourth-order valence-corrected chi connectivity index (χ4v) is 1.03. The van der Waals surface area contributed by atoms with Crippen LogP contribution in [0.1, 0.15) is 13.8 Å². The molecule has 4 nitrogen and oxygen atoms in total. The van der Waals surface area contributed by atoms with Gasteiger partial charge in [-0.15, -0.1) is 12.4 Å². The number of carbonyl (C=O) groups is 1. The molecule has 0 fully saturated rings. The molecule has 0 saturated carbocycles. The second-order valence-corrected chi connectivity index (χ2v) is 3.18. The van der Waals surface area contributed by atoms with Gasteiger partial charge in [0.2, 0.25) is 0 Å². The molecule has 0 radical (unpaired) electrons. The van der Waals surface area contributed by atoms with Gasteiger partial charge in [-0.25, -0.2) is 4.79 Å². The van der Waals surface area contributed by atoms with Crippen LogP contribution in [0.5, 0.6) is 5.75 Å². The standard InChI is InChI=1S/C10H14N2O2.ClH/c1-7(2)14-9-5-3-8(4-6-9)12-10(11)13;/h3-7H,1-2H3,(H3,11,12,13);1H. The first-order chi connectivity index (χ1) is 6.58. The largest absolute Gasteiger partial charge is 0.491 e. The molecule has 0 aromatic heterocycles. The molecule has 0 aliphatic heterocycles. The molecule has 0 heterocycles. The minimum absolute atomic E-state index is 0. The van der Waals surface area contributed by atoms with E-state index in [1.165, 1.54) is 0 Å². The molecular weight excluding hydrogens is 216 g/mol. The van der Waals surface area contributed by atoms with Crippen molar-refractivity contribution in [2.24, 2.45) is 5.73 Å². The fourth-order valence-electron chi connectivity index (χ4n) is 1.03. The summed E-state index contributed by atoms with van der Waals surface area (Å²) in [6.45, 7) is 3.91. The predicted octanol–water partition coefficient (Wildman–Crippen LogP) is 2.39. The summed E-state index contributed by atoms with van der Waals surface area (Å²) in [5, 5.41) is 2.47. The number of anilines is 1. The number of ether oxygens (including phenoxy) is 1. The van der Waals surface area contributed by atoms with Gasteiger partial charge in [-0.1, -0.05) is 0 Å². The van der Waals surface area contributed by atoms with Crippen LogP contribution >= 0.6 is 12.4 Å². The maximum absolute atomic E-state index is 10.5. The van der Waals surface area contributed by atoms with Gasteiger partial charge in [0.25, 0.3) is 0 Å². The number of carbonyl (C=O) groups excluding carboxylic acids is 1. The minimum atomic E-state index is -0.567. The maximum atomic E-state index is 10.5. The zero-order chi connectivity index (χ0) is 10.6. The van der Waals surface area contributed by atoms with Crippen molar-refractivity contribution in [1.29, 1.82) is 0 Å². The molecule has 3 N–H and O–H groups in total. The summed E-state index contributed by atoms with van der Waals surface area (Å²) in [5.41, 5.74) is 5.62. The van der Waals surface area contributed by atoms with Crippen molar-refractivity contribution in [2.45, 2.75) is 20.0 Å². The number of amides is 2. The highest BCUT2D eigenvalue weighted by Crippen LogP contribution is 2.16. The highest BCUT2D eigenvalue weighted by atomic mass is 35.5. The van der Waals surface area contributed by atoms with Crippen LogP contribution in [0.15, 0.2) is 24.3 Å². The molecule has 1 aromatic rings. The first kappa shape index (κ1) is 13.6. The van der Waals surface area contributed by atoms with Crippen molar-refractivity contribution in [1.82, 2.24) is 0 Å². The third-order valence-electron chi connectivity index (χ3n) is 1.49. The number of primary amides is 1. The molecule has 2 amide bonds. The summed E-state index contributed by atoms with van der Waals surface area (Å²) < 4.78 is 5.43. The fraction of sp³-hybridized carbons (Fsp3) is 0.300. The van der Waals surface area contributed by atoms with Gasteiger partial charge in [0.1, 0.15) is 5.75 Å². The van der Waals surface area contributed by atoms with Crippen LogP contribution in [-0.2, 0) is 0 Å². The molecule has 0 saturated heterocycles. The lowest BCUT2D eigenvalue weighted by molar-refractivity contribution is 0.242. The molecular formula is C10H15ClN2O2. The molecule has 15 heavy (non-hydrogen) atoms. The van der Waals surface area contributed by atoms with E-state index in [1.807, 2.05) is 13.8 Å². The molecule has 0 spiro atoms. The highest BCUT2D eigenvalue weighted by molar-refractivity contribution is 5.87. The normalized spacial score (nSPS) is 9.27. The van der Waals surface area contributed by atoms with Crippen LogP contribution in [0.25, 0.3) is 0 Å². The number of hydrogen-bond donors (Lipinski definition) is 2. The number of halogens is 1. The summed E-state index contributed by atoms with van der Waals surface area (Å²) in [6.07, 6.45) is 0.143. The third-order valence-corrected chi connectivity index (χ3v) is 1.49. The van der Waals surface area contributed by atoms with Crippen LogP contribution in [-0.4, -0.2) is 12.1 Å². The summed E-state index contributed by atoms with van der Waals surface area (Å²) in [6, 6.07) is 6.48. The number of hydrogen-bond acceptors (Lipinski definition) is 2. The van der Waals surface area contributed by atoms with Gasteiger partial charge in [0.05, 0.1) is 6.10 Å². The van der Waals surface area contributed by atoms with Gasteiger partial charge in [0, 0.05) is 5.69 Å². The van der Waals surface area contributed by atoms with E-state index in [1.54, 1.807) is 24.3 Å². The number of benzene rings is 1. The van der Waals surface area contributed by atoms with Gasteiger partial charge in [-0.05, 0) is 38.1 Å². The molecule has 5 heteroatoms. The number of nitrogens with one attached hydrogen (secondary N) is 1. The smallest absolute Gasteiger partial charge is 0.316 e. The van der Waals surface area contributed by atoms with Gasteiger partial charge in [0.15, 0.2) is 0 Å². The molecule has 84 valence electrons. The van der Waals surface area contributed by atoms with Gasteiger partial charge in [-0.2, -0.15) is 0 Å². The topological polar surface area (TPSA) is 64.3 Å². The Morgan fingerprint density at radius 1 is 1.33 bits per heavy atom. The van der Waals surface area contributed by atoms with E-state index in [-0.39, 0.29) is 18.5 Å². The van der Waals surface area contributed by atoms with E-state index in [0.29, 0.717) is 5.69 Å². The van der Waals surface area contributed by atoms with E-state index in [2.05, 4.69) is 5.32 Å². The van der Waals surface area contributed by atoms with Crippen molar-refractivity contribution in [3.05, 3.63) is 24.3 Å². The Morgan fingerprint density at radius 2 is 1.87 bits per heavy atom. The van der Waals surface area contributed by atoms with Crippen molar-refractivity contribution in [2.75, 3.05) is 5.32 Å². The van der Waals surface area contributed by atoms with Crippen molar-refractivity contribution in [3.8, 4) is 5.75 Å². The first-order valence-corrected chi connectivity index (χ1v) is 4.41. The number of nitrogens with two attached hydrogens (primary N) is 1. The Balaban J connectivity index is 0.00000196. The van der Waals surface area contributed by atoms with Gasteiger partial charge >= 0.3 is 6.03 Å². The van der Waals surface area contributed by atoms with Crippen molar-refractivity contribution >= 4 is 24.1 Å². The quantitative estimate of drug-likeness (QED) is 0.838. The molecule has 1 aromatic carbocycles. The molecule has 0 bridgehead atoms. The third kappa shape index (κ3) is 5.12. The first-order valence-electron chi connectivity index (χ1n) is 4.41. The van der Waals surface area contributed by atoms with Gasteiger partial charge < -0.3 is 15.8 Å². The highest BCUT2D eigenvalue weighted by Gasteiger charge is 1.98. The van der Waals surface area contributed by atoms with E-state index >= 15 is 0 Å². The van der Waals surface area contributed by atoms with Crippen LogP contribution in [0.4, 0.5) is 10.5 Å². The average molecular weight is 231 g/mol. The van der Waals surface area contributed by atoms with E-state index in [4.69, 9.17) is 10.5 Å². The Kier molecular flexibility index (Phi) is 5.56. The monoisotopic (exact) mass is 230 g/mol. The summed E-state index contributed by atoms with van der Waals surface area (Å²) in [7, 11) is 0. The molecule has 0 aliphatic rings. The lowest BCUT2D eigenvalue weighted by Gasteiger charge is -2.09. The Labute approximate surface area is 95.2 Å². The van der Waals surface area contributed by atoms with Crippen molar-refractivity contribution in [3.63, 3.8) is 0 Å². The van der Waals surface area contributed by atoms with E-state index < -0.39 is 6.03 Å².